The van der Waals surface area contributed by atoms with Crippen molar-refractivity contribution in [2.45, 2.75) is 31.7 Å². The van der Waals surface area contributed by atoms with Crippen LogP contribution >= 0.6 is 15.9 Å². The molecule has 0 unspecified atom stereocenters. The third kappa shape index (κ3) is 5.32. The average molecular weight is 440 g/mol. The monoisotopic (exact) mass is 439 g/mol. The van der Waals surface area contributed by atoms with Crippen molar-refractivity contribution in [1.82, 2.24) is 5.32 Å². The van der Waals surface area contributed by atoms with Gasteiger partial charge in [0.1, 0.15) is 5.75 Å². The number of carbonyl (C=O) groups is 1. The van der Waals surface area contributed by atoms with Crippen molar-refractivity contribution in [3.05, 3.63) is 57.6 Å². The zero-order valence-corrected chi connectivity index (χ0v) is 17.6. The highest BCUT2D eigenvalue weighted by Crippen LogP contribution is 2.26. The molecule has 2 aromatic carbocycles. The summed E-state index contributed by atoms with van der Waals surface area (Å²) in [5.74, 6) is 0.395. The Hall–Kier alpha value is -1.86. The van der Waals surface area contributed by atoms with Gasteiger partial charge in [-0.2, -0.15) is 0 Å². The maximum Gasteiger partial charge on any atom is 0.258 e. The van der Waals surface area contributed by atoms with E-state index in [9.17, 15) is 13.2 Å². The van der Waals surface area contributed by atoms with Gasteiger partial charge in [-0.15, -0.1) is 0 Å². The zero-order chi connectivity index (χ0) is 19.5. The maximum atomic E-state index is 12.1. The number of nitrogens with one attached hydrogen (secondary N) is 1. The van der Waals surface area contributed by atoms with Crippen LogP contribution in [-0.2, 0) is 14.6 Å². The average Bonchev–Trinajstić information content (AvgIpc) is 2.57. The second-order valence-electron chi connectivity index (χ2n) is 6.29. The minimum Gasteiger partial charge on any atom is -0.484 e. The lowest BCUT2D eigenvalue weighted by molar-refractivity contribution is -0.123. The van der Waals surface area contributed by atoms with Crippen molar-refractivity contribution in [1.29, 1.82) is 0 Å². The Balaban J connectivity index is 1.95. The minimum absolute atomic E-state index is 0.0910. The van der Waals surface area contributed by atoms with Gasteiger partial charge in [0, 0.05) is 10.7 Å². The standard InChI is InChI=1S/C19H22BrNO4S/c1-12-9-16(10-13(2)19(12)20)25-11-18(22)21-14(3)15-5-7-17(8-6-15)26(4,23)24/h5-10,14H,11H2,1-4H3,(H,21,22)/t14-/m1/s1. The number of sulfone groups is 1. The molecular formula is C19H22BrNO4S. The largest absolute Gasteiger partial charge is 0.484 e. The molecule has 0 saturated carbocycles. The van der Waals surface area contributed by atoms with Crippen molar-refractivity contribution in [3.8, 4) is 5.75 Å². The fourth-order valence-corrected chi connectivity index (χ4v) is 3.37. The SMILES string of the molecule is Cc1cc(OCC(=O)N[C@H](C)c2ccc(S(C)(=O)=O)cc2)cc(C)c1Br. The van der Waals surface area contributed by atoms with Crippen molar-refractivity contribution in [3.63, 3.8) is 0 Å². The van der Waals surface area contributed by atoms with Gasteiger partial charge in [-0.05, 0) is 61.7 Å². The molecule has 7 heteroatoms. The van der Waals surface area contributed by atoms with Crippen LogP contribution in [0.3, 0.4) is 0 Å². The number of aryl methyl sites for hydroxylation is 2. The number of rotatable bonds is 6. The number of carbonyl (C=O) groups excluding carboxylic acids is 1. The molecule has 0 heterocycles. The number of benzene rings is 2. The van der Waals surface area contributed by atoms with Crippen LogP contribution in [0.2, 0.25) is 0 Å². The summed E-state index contributed by atoms with van der Waals surface area (Å²) in [5, 5.41) is 2.84. The van der Waals surface area contributed by atoms with Crippen molar-refractivity contribution in [2.24, 2.45) is 0 Å². The first kappa shape index (κ1) is 20.5. The van der Waals surface area contributed by atoms with Crippen molar-refractivity contribution >= 4 is 31.7 Å². The molecule has 0 fully saturated rings. The lowest BCUT2D eigenvalue weighted by atomic mass is 10.1. The Morgan fingerprint density at radius 3 is 2.19 bits per heavy atom. The molecule has 1 amide bonds. The number of hydrogen-bond donors (Lipinski definition) is 1. The third-order valence-electron chi connectivity index (χ3n) is 3.97. The fourth-order valence-electron chi connectivity index (χ4n) is 2.51. The van der Waals surface area contributed by atoms with Crippen LogP contribution in [0.4, 0.5) is 0 Å². The molecular weight excluding hydrogens is 418 g/mol. The van der Waals surface area contributed by atoms with Crippen LogP contribution in [-0.4, -0.2) is 27.2 Å². The Kier molecular flexibility index (Phi) is 6.47. The van der Waals surface area contributed by atoms with E-state index >= 15 is 0 Å². The van der Waals surface area contributed by atoms with E-state index in [1.807, 2.05) is 32.9 Å². The quantitative estimate of drug-likeness (QED) is 0.743. The van der Waals surface area contributed by atoms with Gasteiger partial charge in [0.25, 0.3) is 5.91 Å². The summed E-state index contributed by atoms with van der Waals surface area (Å²) in [6.45, 7) is 5.67. The first-order chi connectivity index (χ1) is 12.1. The van der Waals surface area contributed by atoms with E-state index in [0.717, 1.165) is 27.4 Å². The molecule has 140 valence electrons. The van der Waals surface area contributed by atoms with E-state index in [-0.39, 0.29) is 23.5 Å². The van der Waals surface area contributed by atoms with Crippen LogP contribution in [0.5, 0.6) is 5.75 Å². The lowest BCUT2D eigenvalue weighted by Gasteiger charge is -2.15. The molecule has 1 N–H and O–H groups in total. The molecule has 0 spiro atoms. The minimum atomic E-state index is -3.23. The second-order valence-corrected chi connectivity index (χ2v) is 9.10. The van der Waals surface area contributed by atoms with Gasteiger partial charge >= 0.3 is 0 Å². The first-order valence-electron chi connectivity index (χ1n) is 8.07. The molecule has 0 aromatic heterocycles. The molecule has 2 aromatic rings. The molecule has 0 aliphatic carbocycles. The maximum absolute atomic E-state index is 12.1. The fraction of sp³-hybridized carbons (Fsp3) is 0.316. The summed E-state index contributed by atoms with van der Waals surface area (Å²) in [6.07, 6.45) is 1.16. The van der Waals surface area contributed by atoms with Crippen LogP contribution in [0.25, 0.3) is 0 Å². The summed E-state index contributed by atoms with van der Waals surface area (Å²) in [7, 11) is -3.23. The Morgan fingerprint density at radius 2 is 1.69 bits per heavy atom. The molecule has 0 aliphatic heterocycles. The predicted molar refractivity (Wildman–Crippen MR) is 105 cm³/mol. The van der Waals surface area contributed by atoms with Gasteiger partial charge in [-0.25, -0.2) is 8.42 Å². The molecule has 2 rings (SSSR count). The number of ether oxygens (including phenoxy) is 1. The van der Waals surface area contributed by atoms with Crippen molar-refractivity contribution in [2.75, 3.05) is 12.9 Å². The summed E-state index contributed by atoms with van der Waals surface area (Å²) >= 11 is 3.50. The second kappa shape index (κ2) is 8.22. The Morgan fingerprint density at radius 1 is 1.15 bits per heavy atom. The Bertz CT molecular complexity index is 885. The number of hydrogen-bond acceptors (Lipinski definition) is 4. The zero-order valence-electron chi connectivity index (χ0n) is 15.2. The smallest absolute Gasteiger partial charge is 0.258 e. The van der Waals surface area contributed by atoms with E-state index < -0.39 is 9.84 Å². The summed E-state index contributed by atoms with van der Waals surface area (Å²) in [6, 6.07) is 9.96. The molecule has 26 heavy (non-hydrogen) atoms. The van der Waals surface area contributed by atoms with Gasteiger partial charge in [0.15, 0.2) is 16.4 Å². The highest BCUT2D eigenvalue weighted by molar-refractivity contribution is 9.10. The van der Waals surface area contributed by atoms with Crippen LogP contribution in [0, 0.1) is 13.8 Å². The van der Waals surface area contributed by atoms with Gasteiger partial charge in [-0.3, -0.25) is 4.79 Å². The van der Waals surface area contributed by atoms with Gasteiger partial charge in [0.05, 0.1) is 10.9 Å². The third-order valence-corrected chi connectivity index (χ3v) is 6.34. The number of amides is 1. The summed E-state index contributed by atoms with van der Waals surface area (Å²) in [4.78, 5) is 12.4. The first-order valence-corrected chi connectivity index (χ1v) is 10.8. The molecule has 5 nitrogen and oxygen atoms in total. The van der Waals surface area contributed by atoms with Gasteiger partial charge in [0.2, 0.25) is 0 Å². The highest BCUT2D eigenvalue weighted by atomic mass is 79.9. The lowest BCUT2D eigenvalue weighted by Crippen LogP contribution is -2.31. The summed E-state index contributed by atoms with van der Waals surface area (Å²) in [5.41, 5.74) is 2.90. The van der Waals surface area contributed by atoms with Gasteiger partial charge < -0.3 is 10.1 Å². The molecule has 1 atom stereocenters. The van der Waals surface area contributed by atoms with E-state index in [2.05, 4.69) is 21.2 Å². The topological polar surface area (TPSA) is 72.5 Å². The van der Waals surface area contributed by atoms with Gasteiger partial charge in [-0.1, -0.05) is 28.1 Å². The van der Waals surface area contributed by atoms with E-state index in [1.54, 1.807) is 12.1 Å². The molecule has 0 aliphatic rings. The van der Waals surface area contributed by atoms with E-state index in [0.29, 0.717) is 5.75 Å². The van der Waals surface area contributed by atoms with E-state index in [4.69, 9.17) is 4.74 Å². The highest BCUT2D eigenvalue weighted by Gasteiger charge is 2.13. The number of halogens is 1. The summed E-state index contributed by atoms with van der Waals surface area (Å²) < 4.78 is 29.6. The molecule has 0 saturated heterocycles. The molecule has 0 radical (unpaired) electrons. The van der Waals surface area contributed by atoms with Crippen molar-refractivity contribution < 1.29 is 17.9 Å². The van der Waals surface area contributed by atoms with Crippen LogP contribution < -0.4 is 10.1 Å². The normalized spacial score (nSPS) is 12.5. The van der Waals surface area contributed by atoms with E-state index in [1.165, 1.54) is 12.1 Å². The predicted octanol–water partition coefficient (Wildman–Crippen LogP) is 3.73. The Labute approximate surface area is 162 Å². The molecule has 0 bridgehead atoms. The van der Waals surface area contributed by atoms with Crippen LogP contribution in [0.1, 0.15) is 29.7 Å². The van der Waals surface area contributed by atoms with Crippen LogP contribution in [0.15, 0.2) is 45.8 Å².